The predicted molar refractivity (Wildman–Crippen MR) is 130 cm³/mol. The fourth-order valence-electron chi connectivity index (χ4n) is 4.27. The van der Waals surface area contributed by atoms with E-state index in [0.717, 1.165) is 5.76 Å². The maximum Gasteiger partial charge on any atom is 0.253 e. The number of anilines is 3. The van der Waals surface area contributed by atoms with Crippen molar-refractivity contribution in [2.45, 2.75) is 46.5 Å². The molecule has 1 aliphatic heterocycles. The van der Waals surface area contributed by atoms with Gasteiger partial charge in [0, 0.05) is 22.8 Å². The first-order chi connectivity index (χ1) is 15.9. The van der Waals surface area contributed by atoms with E-state index in [1.54, 1.807) is 12.1 Å². The van der Waals surface area contributed by atoms with Gasteiger partial charge >= 0.3 is 0 Å². The molecule has 0 saturated carbocycles. The Balaban J connectivity index is 1.68. The summed E-state index contributed by atoms with van der Waals surface area (Å²) in [6.45, 7) is 7.88. The zero-order valence-electron chi connectivity index (χ0n) is 19.4. The van der Waals surface area contributed by atoms with Crippen molar-refractivity contribution < 1.29 is 14.3 Å². The van der Waals surface area contributed by atoms with Crippen LogP contribution < -0.4 is 27.2 Å². The fourth-order valence-corrected chi connectivity index (χ4v) is 4.49. The van der Waals surface area contributed by atoms with Gasteiger partial charge in [0.25, 0.3) is 10.9 Å². The van der Waals surface area contributed by atoms with Crippen LogP contribution in [-0.4, -0.2) is 22.5 Å². The highest BCUT2D eigenvalue weighted by Gasteiger charge is 2.36. The van der Waals surface area contributed by atoms with Crippen LogP contribution in [0.1, 0.15) is 55.7 Å². The number of primary amides is 1. The zero-order valence-corrected chi connectivity index (χ0v) is 20.1. The molecule has 10 heteroatoms. The number of carbonyl (C=O) groups excluding carboxylic acids is 1. The summed E-state index contributed by atoms with van der Waals surface area (Å²) in [5, 5.41) is 17.4. The Labute approximate surface area is 201 Å². The summed E-state index contributed by atoms with van der Waals surface area (Å²) in [5.74, 6) is 0.794. The molecule has 0 aliphatic carbocycles. The van der Waals surface area contributed by atoms with Crippen molar-refractivity contribution >= 4 is 34.6 Å². The minimum Gasteiger partial charge on any atom is -0.464 e. The van der Waals surface area contributed by atoms with Crippen LogP contribution in [0.3, 0.4) is 0 Å². The lowest BCUT2D eigenvalue weighted by Gasteiger charge is -2.32. The van der Waals surface area contributed by atoms with Crippen molar-refractivity contribution in [3.05, 3.63) is 72.4 Å². The highest BCUT2D eigenvalue weighted by atomic mass is 35.5. The Morgan fingerprint density at radius 1 is 1.24 bits per heavy atom. The molecule has 34 heavy (non-hydrogen) atoms. The molecule has 2 aromatic carbocycles. The number of furan rings is 1. The molecule has 4 rings (SSSR count). The third-order valence-corrected chi connectivity index (χ3v) is 6.35. The fraction of sp³-hybridized carbons (Fsp3) is 0.375. The van der Waals surface area contributed by atoms with E-state index in [-0.39, 0.29) is 35.9 Å². The van der Waals surface area contributed by atoms with Crippen LogP contribution >= 0.6 is 11.6 Å². The van der Waals surface area contributed by atoms with Crippen LogP contribution in [0.2, 0.25) is 5.02 Å². The number of fused-ring (bicyclic) bond motifs is 1. The van der Waals surface area contributed by atoms with E-state index in [9.17, 15) is 19.5 Å². The Morgan fingerprint density at radius 3 is 2.50 bits per heavy atom. The molecular weight excluding hydrogens is 460 g/mol. The number of rotatable bonds is 7. The summed E-state index contributed by atoms with van der Waals surface area (Å²) < 4.78 is 5.80. The lowest BCUT2D eigenvalue weighted by molar-refractivity contribution is -0.122. The normalized spacial score (nSPS) is 17.1. The average molecular weight is 487 g/mol. The van der Waals surface area contributed by atoms with Gasteiger partial charge in [0.2, 0.25) is 5.91 Å². The minimum atomic E-state index is -1.15. The van der Waals surface area contributed by atoms with E-state index in [1.165, 1.54) is 4.90 Å². The highest BCUT2D eigenvalue weighted by Crippen LogP contribution is 2.42. The first-order valence-electron chi connectivity index (χ1n) is 10.8. The van der Waals surface area contributed by atoms with E-state index in [1.807, 2.05) is 39.8 Å². The van der Waals surface area contributed by atoms with Gasteiger partial charge in [-0.2, -0.15) is 0 Å². The standard InChI is InChI=1S/C24H27ClN4O5/c1-11-5-8-15(34-11)22(24(2,3)4)28-19-18(20(31)21(19)32)27-14-7-6-13(25)12-9-29(10-16(26)30)23(33)17(12)14/h5-8,22-23,27-28,33H,9-10H2,1-4H3,(H2,26,30)/t22-,23?/m0/s1. The number of amides is 1. The number of aliphatic hydroxyl groups excluding tert-OH is 1. The number of hydrogen-bond donors (Lipinski definition) is 4. The SMILES string of the molecule is Cc1ccc([C@H](Nc2c(Nc3ccc(Cl)c4c3C(O)N(CC(N)=O)C4)c(=O)c2=O)C(C)(C)C)o1. The Morgan fingerprint density at radius 2 is 1.91 bits per heavy atom. The van der Waals surface area contributed by atoms with Gasteiger partial charge in [-0.3, -0.25) is 19.3 Å². The topological polar surface area (TPSA) is 138 Å². The van der Waals surface area contributed by atoms with E-state index in [4.69, 9.17) is 21.8 Å². The van der Waals surface area contributed by atoms with Gasteiger partial charge in [-0.15, -0.1) is 0 Å². The van der Waals surface area contributed by atoms with Crippen molar-refractivity contribution in [3.8, 4) is 0 Å². The van der Waals surface area contributed by atoms with Gasteiger partial charge in [0.05, 0.1) is 12.6 Å². The molecule has 1 amide bonds. The summed E-state index contributed by atoms with van der Waals surface area (Å²) in [7, 11) is 0. The van der Waals surface area contributed by atoms with Gasteiger partial charge in [-0.05, 0) is 42.2 Å². The quantitative estimate of drug-likeness (QED) is 0.374. The van der Waals surface area contributed by atoms with Crippen LogP contribution in [0.25, 0.3) is 0 Å². The molecule has 3 aromatic rings. The number of aliphatic hydroxyl groups is 1. The molecule has 2 heterocycles. The third-order valence-electron chi connectivity index (χ3n) is 5.99. The van der Waals surface area contributed by atoms with E-state index in [0.29, 0.717) is 27.6 Å². The van der Waals surface area contributed by atoms with E-state index in [2.05, 4.69) is 10.6 Å². The van der Waals surface area contributed by atoms with Crippen LogP contribution in [0, 0.1) is 12.3 Å². The van der Waals surface area contributed by atoms with Gasteiger partial charge in [0.1, 0.15) is 29.1 Å². The Bertz CT molecular complexity index is 1330. The molecule has 2 atom stereocenters. The number of hydrogen-bond acceptors (Lipinski definition) is 8. The molecule has 9 nitrogen and oxygen atoms in total. The number of nitrogens with zero attached hydrogens (tertiary/aromatic N) is 1. The molecule has 180 valence electrons. The van der Waals surface area contributed by atoms with Gasteiger partial charge in [-0.25, -0.2) is 0 Å². The predicted octanol–water partition coefficient (Wildman–Crippen LogP) is 3.07. The second-order valence-electron chi connectivity index (χ2n) is 9.66. The van der Waals surface area contributed by atoms with Crippen LogP contribution in [0.4, 0.5) is 17.1 Å². The molecule has 0 saturated heterocycles. The molecule has 0 fully saturated rings. The highest BCUT2D eigenvalue weighted by molar-refractivity contribution is 6.31. The summed E-state index contributed by atoms with van der Waals surface area (Å²) in [4.78, 5) is 37.9. The van der Waals surface area contributed by atoms with Crippen LogP contribution in [0.5, 0.6) is 0 Å². The molecule has 0 bridgehead atoms. The summed E-state index contributed by atoms with van der Waals surface area (Å²) in [6, 6.07) is 6.55. The number of benzene rings is 1. The number of aryl methyl sites for hydroxylation is 1. The van der Waals surface area contributed by atoms with Crippen molar-refractivity contribution in [1.29, 1.82) is 0 Å². The maximum atomic E-state index is 12.5. The van der Waals surface area contributed by atoms with Crippen LogP contribution in [-0.2, 0) is 11.3 Å². The van der Waals surface area contributed by atoms with E-state index >= 15 is 0 Å². The molecule has 1 aromatic heterocycles. The monoisotopic (exact) mass is 486 g/mol. The summed E-state index contributed by atoms with van der Waals surface area (Å²) in [5.41, 5.74) is 5.34. The largest absolute Gasteiger partial charge is 0.464 e. The summed E-state index contributed by atoms with van der Waals surface area (Å²) >= 11 is 6.32. The second-order valence-corrected chi connectivity index (χ2v) is 10.1. The first kappa shape index (κ1) is 24.0. The third kappa shape index (κ3) is 4.22. The smallest absolute Gasteiger partial charge is 0.253 e. The van der Waals surface area contributed by atoms with E-state index < -0.39 is 23.0 Å². The Hall–Kier alpha value is -3.14. The average Bonchev–Trinajstić information content (AvgIpc) is 3.31. The zero-order chi connectivity index (χ0) is 24.9. The van der Waals surface area contributed by atoms with Gasteiger partial charge in [0.15, 0.2) is 0 Å². The lowest BCUT2D eigenvalue weighted by atomic mass is 9.85. The molecule has 5 N–H and O–H groups in total. The second kappa shape index (κ2) is 8.57. The maximum absolute atomic E-state index is 12.5. The van der Waals surface area contributed by atoms with Crippen LogP contribution in [0.15, 0.2) is 38.3 Å². The van der Waals surface area contributed by atoms with Crippen molar-refractivity contribution in [2.24, 2.45) is 11.1 Å². The minimum absolute atomic E-state index is 0.0904. The van der Waals surface area contributed by atoms with Gasteiger partial charge < -0.3 is 25.9 Å². The molecule has 0 radical (unpaired) electrons. The number of nitrogens with two attached hydrogens (primary N) is 1. The van der Waals surface area contributed by atoms with Crippen molar-refractivity contribution in [1.82, 2.24) is 4.90 Å². The Kier molecular flexibility index (Phi) is 6.05. The first-order valence-corrected chi connectivity index (χ1v) is 11.2. The number of carbonyl (C=O) groups is 1. The number of nitrogens with one attached hydrogen (secondary N) is 2. The molecule has 1 aliphatic rings. The van der Waals surface area contributed by atoms with Gasteiger partial charge in [-0.1, -0.05) is 32.4 Å². The molecule has 1 unspecified atom stereocenters. The summed E-state index contributed by atoms with van der Waals surface area (Å²) in [6.07, 6.45) is -1.15. The lowest BCUT2D eigenvalue weighted by Crippen LogP contribution is -2.39. The molecule has 0 spiro atoms. The number of halogens is 1. The van der Waals surface area contributed by atoms with Crippen molar-refractivity contribution in [3.63, 3.8) is 0 Å². The molecular formula is C24H27ClN4O5. The van der Waals surface area contributed by atoms with Crippen molar-refractivity contribution in [2.75, 3.05) is 17.2 Å².